The van der Waals surface area contributed by atoms with Crippen molar-refractivity contribution in [1.29, 1.82) is 0 Å². The third-order valence-electron chi connectivity index (χ3n) is 3.79. The van der Waals surface area contributed by atoms with Crippen molar-refractivity contribution in [2.75, 3.05) is 5.32 Å². The van der Waals surface area contributed by atoms with Crippen molar-refractivity contribution in [3.8, 4) is 5.75 Å². The van der Waals surface area contributed by atoms with Crippen LogP contribution in [0, 0.1) is 13.8 Å². The fourth-order valence-corrected chi connectivity index (χ4v) is 3.89. The largest absolute Gasteiger partial charge is 0.488 e. The highest BCUT2D eigenvalue weighted by molar-refractivity contribution is 7.12. The molecule has 134 valence electrons. The Morgan fingerprint density at radius 1 is 1.08 bits per heavy atom. The second kappa shape index (κ2) is 8.12. The van der Waals surface area contributed by atoms with E-state index in [0.717, 1.165) is 22.4 Å². The lowest BCUT2D eigenvalue weighted by molar-refractivity contribution is 0.103. The molecular formula is C20H17Cl2NO2S. The van der Waals surface area contributed by atoms with Crippen molar-refractivity contribution in [3.05, 3.63) is 79.5 Å². The molecule has 0 bridgehead atoms. The van der Waals surface area contributed by atoms with Gasteiger partial charge in [-0.25, -0.2) is 0 Å². The minimum atomic E-state index is -0.202. The van der Waals surface area contributed by atoms with Crippen LogP contribution in [0.3, 0.4) is 0 Å². The first-order valence-electron chi connectivity index (χ1n) is 7.96. The molecule has 0 radical (unpaired) electrons. The Kier molecular flexibility index (Phi) is 5.87. The molecule has 1 N–H and O–H groups in total. The van der Waals surface area contributed by atoms with Crippen molar-refractivity contribution in [2.24, 2.45) is 0 Å². The van der Waals surface area contributed by atoms with Gasteiger partial charge in [-0.2, -0.15) is 0 Å². The number of benzene rings is 2. The summed E-state index contributed by atoms with van der Waals surface area (Å²) in [6, 6.07) is 12.8. The van der Waals surface area contributed by atoms with Gasteiger partial charge in [0.2, 0.25) is 0 Å². The first-order valence-corrected chi connectivity index (χ1v) is 9.60. The summed E-state index contributed by atoms with van der Waals surface area (Å²) >= 11 is 13.3. The van der Waals surface area contributed by atoms with E-state index in [1.165, 1.54) is 11.3 Å². The van der Waals surface area contributed by atoms with Crippen LogP contribution in [0.4, 0.5) is 5.69 Å². The van der Waals surface area contributed by atoms with Gasteiger partial charge in [0.25, 0.3) is 5.91 Å². The van der Waals surface area contributed by atoms with E-state index in [4.69, 9.17) is 27.9 Å². The summed E-state index contributed by atoms with van der Waals surface area (Å²) in [6.07, 6.45) is 0. The van der Waals surface area contributed by atoms with Crippen molar-refractivity contribution < 1.29 is 9.53 Å². The van der Waals surface area contributed by atoms with E-state index in [1.54, 1.807) is 18.2 Å². The van der Waals surface area contributed by atoms with E-state index in [1.807, 2.05) is 43.5 Å². The van der Waals surface area contributed by atoms with Crippen LogP contribution in [-0.2, 0) is 6.61 Å². The molecule has 0 saturated heterocycles. The molecule has 0 saturated carbocycles. The molecule has 3 rings (SSSR count). The number of thiophene rings is 1. The van der Waals surface area contributed by atoms with E-state index in [-0.39, 0.29) is 5.91 Å². The Morgan fingerprint density at radius 2 is 1.73 bits per heavy atom. The average Bonchev–Trinajstić information content (AvgIpc) is 3.02. The van der Waals surface area contributed by atoms with Crippen LogP contribution >= 0.6 is 34.5 Å². The molecule has 0 atom stereocenters. The predicted molar refractivity (Wildman–Crippen MR) is 109 cm³/mol. The number of halogens is 2. The van der Waals surface area contributed by atoms with Crippen molar-refractivity contribution in [3.63, 3.8) is 0 Å². The van der Waals surface area contributed by atoms with Crippen LogP contribution < -0.4 is 10.1 Å². The molecule has 1 aromatic heterocycles. The van der Waals surface area contributed by atoms with Crippen LogP contribution in [0.5, 0.6) is 5.75 Å². The van der Waals surface area contributed by atoms with Gasteiger partial charge in [0, 0.05) is 21.3 Å². The van der Waals surface area contributed by atoms with Crippen molar-refractivity contribution in [1.82, 2.24) is 0 Å². The Bertz CT molecular complexity index is 912. The molecule has 0 fully saturated rings. The number of rotatable bonds is 5. The molecule has 6 heteroatoms. The minimum Gasteiger partial charge on any atom is -0.488 e. The lowest BCUT2D eigenvalue weighted by atomic mass is 10.1. The summed E-state index contributed by atoms with van der Waals surface area (Å²) in [5.41, 5.74) is 3.70. The predicted octanol–water partition coefficient (Wildman–Crippen LogP) is 6.50. The van der Waals surface area contributed by atoms with Crippen molar-refractivity contribution in [2.45, 2.75) is 20.5 Å². The molecule has 0 unspecified atom stereocenters. The standard InChI is InChI=1S/C20H17Cl2NO2S/c1-12-4-3-5-13(2)19(12)25-10-14-6-18(26-11-14)20(24)23-17-8-15(21)7-16(22)9-17/h3-9,11H,10H2,1-2H3,(H,23,24). The molecule has 0 aliphatic rings. The normalized spacial score (nSPS) is 10.6. The number of aryl methyl sites for hydroxylation is 2. The molecule has 0 aliphatic carbocycles. The number of amides is 1. The molecular weight excluding hydrogens is 389 g/mol. The maximum Gasteiger partial charge on any atom is 0.265 e. The zero-order chi connectivity index (χ0) is 18.7. The van der Waals surface area contributed by atoms with Gasteiger partial charge in [0.05, 0.1) is 4.88 Å². The third-order valence-corrected chi connectivity index (χ3v) is 5.20. The molecule has 2 aromatic carbocycles. The Morgan fingerprint density at radius 3 is 2.38 bits per heavy atom. The molecule has 1 amide bonds. The van der Waals surface area contributed by atoms with E-state index in [0.29, 0.717) is 27.2 Å². The fourth-order valence-electron chi connectivity index (χ4n) is 2.57. The summed E-state index contributed by atoms with van der Waals surface area (Å²) < 4.78 is 5.94. The summed E-state index contributed by atoms with van der Waals surface area (Å²) in [5.74, 6) is 0.685. The van der Waals surface area contributed by atoms with Gasteiger partial charge in [-0.1, -0.05) is 41.4 Å². The Balaban J connectivity index is 1.66. The second-order valence-electron chi connectivity index (χ2n) is 5.94. The van der Waals surface area contributed by atoms with Crippen LogP contribution in [0.1, 0.15) is 26.4 Å². The maximum atomic E-state index is 12.4. The van der Waals surface area contributed by atoms with Gasteiger partial charge in [-0.3, -0.25) is 4.79 Å². The molecule has 26 heavy (non-hydrogen) atoms. The summed E-state index contributed by atoms with van der Waals surface area (Å²) in [5, 5.41) is 5.68. The van der Waals surface area contributed by atoms with E-state index in [9.17, 15) is 4.79 Å². The Labute approximate surface area is 166 Å². The van der Waals surface area contributed by atoms with E-state index >= 15 is 0 Å². The highest BCUT2D eigenvalue weighted by atomic mass is 35.5. The number of hydrogen-bond acceptors (Lipinski definition) is 3. The lowest BCUT2D eigenvalue weighted by Crippen LogP contribution is -2.10. The van der Waals surface area contributed by atoms with Crippen molar-refractivity contribution >= 4 is 46.1 Å². The number of ether oxygens (including phenoxy) is 1. The maximum absolute atomic E-state index is 12.4. The van der Waals surface area contributed by atoms with Gasteiger partial charge in [-0.05, 0) is 54.6 Å². The number of carbonyl (C=O) groups is 1. The highest BCUT2D eigenvalue weighted by Crippen LogP contribution is 2.26. The van der Waals surface area contributed by atoms with Gasteiger partial charge < -0.3 is 10.1 Å². The number of carbonyl (C=O) groups excluding carboxylic acids is 1. The highest BCUT2D eigenvalue weighted by Gasteiger charge is 2.11. The minimum absolute atomic E-state index is 0.202. The van der Waals surface area contributed by atoms with E-state index < -0.39 is 0 Å². The zero-order valence-corrected chi connectivity index (χ0v) is 16.6. The first kappa shape index (κ1) is 18.8. The molecule has 3 aromatic rings. The van der Waals surface area contributed by atoms with E-state index in [2.05, 4.69) is 5.32 Å². The van der Waals surface area contributed by atoms with Gasteiger partial charge in [0.1, 0.15) is 12.4 Å². The van der Waals surface area contributed by atoms with Crippen LogP contribution in [0.2, 0.25) is 10.0 Å². The van der Waals surface area contributed by atoms with Crippen LogP contribution in [0.15, 0.2) is 47.8 Å². The summed E-state index contributed by atoms with van der Waals surface area (Å²) in [7, 11) is 0. The molecule has 0 spiro atoms. The van der Waals surface area contributed by atoms with Crippen LogP contribution in [0.25, 0.3) is 0 Å². The van der Waals surface area contributed by atoms with Gasteiger partial charge in [-0.15, -0.1) is 11.3 Å². The number of nitrogens with one attached hydrogen (secondary N) is 1. The zero-order valence-electron chi connectivity index (χ0n) is 14.3. The first-order chi connectivity index (χ1) is 12.4. The monoisotopic (exact) mass is 405 g/mol. The van der Waals surface area contributed by atoms with Gasteiger partial charge >= 0.3 is 0 Å². The topological polar surface area (TPSA) is 38.3 Å². The second-order valence-corrected chi connectivity index (χ2v) is 7.73. The molecule has 3 nitrogen and oxygen atoms in total. The Hall–Kier alpha value is -2.01. The number of hydrogen-bond donors (Lipinski definition) is 1. The quantitative estimate of drug-likeness (QED) is 0.525. The molecule has 0 aliphatic heterocycles. The van der Waals surface area contributed by atoms with Gasteiger partial charge in [0.15, 0.2) is 0 Å². The van der Waals surface area contributed by atoms with Crippen LogP contribution in [-0.4, -0.2) is 5.91 Å². The average molecular weight is 406 g/mol. The third kappa shape index (κ3) is 4.58. The lowest BCUT2D eigenvalue weighted by Gasteiger charge is -2.11. The number of anilines is 1. The fraction of sp³-hybridized carbons (Fsp3) is 0.150. The smallest absolute Gasteiger partial charge is 0.265 e. The summed E-state index contributed by atoms with van der Waals surface area (Å²) in [6.45, 7) is 4.45. The summed E-state index contributed by atoms with van der Waals surface area (Å²) in [4.78, 5) is 13.0. The molecule has 1 heterocycles. The SMILES string of the molecule is Cc1cccc(C)c1OCc1csc(C(=O)Nc2cc(Cl)cc(Cl)c2)c1. The number of para-hydroxylation sites is 1.